The summed E-state index contributed by atoms with van der Waals surface area (Å²) in [6.07, 6.45) is 3.72. The van der Waals surface area contributed by atoms with Crippen LogP contribution < -0.4 is 5.73 Å². The molecular weight excluding hydrogens is 150 g/mol. The molecule has 2 heteroatoms. The van der Waals surface area contributed by atoms with Crippen molar-refractivity contribution in [2.24, 2.45) is 11.7 Å². The number of rotatable bonds is 7. The van der Waals surface area contributed by atoms with Crippen LogP contribution in [0.3, 0.4) is 0 Å². The summed E-state index contributed by atoms with van der Waals surface area (Å²) in [6, 6.07) is 0. The van der Waals surface area contributed by atoms with Crippen LogP contribution in [0, 0.1) is 5.92 Å². The van der Waals surface area contributed by atoms with Gasteiger partial charge in [-0.1, -0.05) is 20.3 Å². The van der Waals surface area contributed by atoms with Gasteiger partial charge in [-0.2, -0.15) is 0 Å². The van der Waals surface area contributed by atoms with Crippen molar-refractivity contribution in [1.29, 1.82) is 0 Å². The van der Waals surface area contributed by atoms with E-state index in [4.69, 9.17) is 10.5 Å². The molecule has 0 saturated heterocycles. The van der Waals surface area contributed by atoms with E-state index in [0.29, 0.717) is 6.10 Å². The maximum Gasteiger partial charge on any atom is 0.0559 e. The summed E-state index contributed by atoms with van der Waals surface area (Å²) in [5.41, 5.74) is 5.41. The molecule has 74 valence electrons. The Hall–Kier alpha value is -0.0800. The third-order valence-electron chi connectivity index (χ3n) is 2.28. The van der Waals surface area contributed by atoms with Crippen LogP contribution in [0.4, 0.5) is 0 Å². The van der Waals surface area contributed by atoms with E-state index in [-0.39, 0.29) is 0 Å². The summed E-state index contributed by atoms with van der Waals surface area (Å²) in [5.74, 6) is 0.787. The minimum absolute atomic E-state index is 0.332. The highest BCUT2D eigenvalue weighted by atomic mass is 16.5. The first-order chi connectivity index (χ1) is 5.70. The van der Waals surface area contributed by atoms with E-state index in [2.05, 4.69) is 20.8 Å². The molecule has 0 fully saturated rings. The number of ether oxygens (including phenoxy) is 1. The Kier molecular flexibility index (Phi) is 7.51. The van der Waals surface area contributed by atoms with E-state index in [9.17, 15) is 0 Å². The summed E-state index contributed by atoms with van der Waals surface area (Å²) in [5, 5.41) is 0. The molecule has 0 amide bonds. The fourth-order valence-electron chi connectivity index (χ4n) is 0.993. The second-order valence-electron chi connectivity index (χ2n) is 3.56. The Balaban J connectivity index is 3.18. The lowest BCUT2D eigenvalue weighted by Gasteiger charge is -2.13. The van der Waals surface area contributed by atoms with Gasteiger partial charge < -0.3 is 10.5 Å². The molecule has 0 aromatic heterocycles. The molecular formula is C10H23NO. The molecule has 0 radical (unpaired) electrons. The van der Waals surface area contributed by atoms with E-state index < -0.39 is 0 Å². The van der Waals surface area contributed by atoms with Crippen molar-refractivity contribution in [3.63, 3.8) is 0 Å². The summed E-state index contributed by atoms with van der Waals surface area (Å²) in [6.45, 7) is 8.18. The Morgan fingerprint density at radius 2 is 1.92 bits per heavy atom. The lowest BCUT2D eigenvalue weighted by molar-refractivity contribution is 0.0536. The fourth-order valence-corrected chi connectivity index (χ4v) is 0.993. The second-order valence-corrected chi connectivity index (χ2v) is 3.56. The van der Waals surface area contributed by atoms with Crippen LogP contribution in [0.15, 0.2) is 0 Å². The van der Waals surface area contributed by atoms with Gasteiger partial charge in [-0.05, 0) is 32.2 Å². The van der Waals surface area contributed by atoms with E-state index in [1.165, 1.54) is 12.8 Å². The zero-order valence-electron chi connectivity index (χ0n) is 8.68. The van der Waals surface area contributed by atoms with Crippen molar-refractivity contribution < 1.29 is 4.74 Å². The molecule has 2 unspecified atom stereocenters. The van der Waals surface area contributed by atoms with Crippen molar-refractivity contribution in [1.82, 2.24) is 0 Å². The highest BCUT2D eigenvalue weighted by Crippen LogP contribution is 2.07. The van der Waals surface area contributed by atoms with Gasteiger partial charge >= 0.3 is 0 Å². The minimum Gasteiger partial charge on any atom is -0.378 e. The lowest BCUT2D eigenvalue weighted by Crippen LogP contribution is -2.15. The van der Waals surface area contributed by atoms with Gasteiger partial charge in [0, 0.05) is 6.61 Å². The first-order valence-corrected chi connectivity index (χ1v) is 5.02. The molecule has 0 aromatic rings. The molecule has 2 atom stereocenters. The quantitative estimate of drug-likeness (QED) is 0.640. The normalized spacial score (nSPS) is 16.0. The Labute approximate surface area is 76.5 Å². The first kappa shape index (κ1) is 11.9. The van der Waals surface area contributed by atoms with Crippen molar-refractivity contribution >= 4 is 0 Å². The average Bonchev–Trinajstić information content (AvgIpc) is 2.04. The van der Waals surface area contributed by atoms with Crippen LogP contribution in [0.25, 0.3) is 0 Å². The largest absolute Gasteiger partial charge is 0.378 e. The van der Waals surface area contributed by atoms with Crippen LogP contribution in [0.2, 0.25) is 0 Å². The van der Waals surface area contributed by atoms with Crippen LogP contribution in [0.1, 0.15) is 40.0 Å². The van der Waals surface area contributed by atoms with Gasteiger partial charge in [0.15, 0.2) is 0 Å². The smallest absolute Gasteiger partial charge is 0.0559 e. The van der Waals surface area contributed by atoms with E-state index in [1.54, 1.807) is 0 Å². The van der Waals surface area contributed by atoms with Gasteiger partial charge in [0.25, 0.3) is 0 Å². The van der Waals surface area contributed by atoms with Crippen LogP contribution in [-0.2, 0) is 4.74 Å². The molecule has 12 heavy (non-hydrogen) atoms. The average molecular weight is 173 g/mol. The number of hydrogen-bond donors (Lipinski definition) is 1. The molecule has 0 saturated carbocycles. The molecule has 0 aliphatic rings. The van der Waals surface area contributed by atoms with E-state index in [1.807, 2.05) is 0 Å². The number of nitrogens with two attached hydrogens (primary N) is 1. The molecule has 2 nitrogen and oxygen atoms in total. The summed E-state index contributed by atoms with van der Waals surface area (Å²) in [7, 11) is 0. The topological polar surface area (TPSA) is 35.2 Å². The van der Waals surface area contributed by atoms with E-state index >= 15 is 0 Å². The molecule has 0 aliphatic carbocycles. The summed E-state index contributed by atoms with van der Waals surface area (Å²) < 4.78 is 5.57. The van der Waals surface area contributed by atoms with Crippen LogP contribution >= 0.6 is 0 Å². The summed E-state index contributed by atoms with van der Waals surface area (Å²) >= 11 is 0. The van der Waals surface area contributed by atoms with Gasteiger partial charge in [-0.25, -0.2) is 0 Å². The van der Waals surface area contributed by atoms with Crippen LogP contribution in [-0.4, -0.2) is 19.3 Å². The van der Waals surface area contributed by atoms with Gasteiger partial charge in [0.1, 0.15) is 0 Å². The predicted octanol–water partition coefficient (Wildman–Crippen LogP) is 2.18. The molecule has 0 heterocycles. The maximum absolute atomic E-state index is 5.57. The van der Waals surface area contributed by atoms with Gasteiger partial charge in [-0.3, -0.25) is 0 Å². The zero-order chi connectivity index (χ0) is 9.40. The number of hydrogen-bond acceptors (Lipinski definition) is 2. The first-order valence-electron chi connectivity index (χ1n) is 5.02. The molecule has 0 aliphatic heterocycles. The van der Waals surface area contributed by atoms with Crippen molar-refractivity contribution in [2.45, 2.75) is 46.1 Å². The SMILES string of the molecule is CCC(C)CCOC(C)CCN. The standard InChI is InChI=1S/C10H23NO/c1-4-9(2)6-8-12-10(3)5-7-11/h9-10H,4-8,11H2,1-3H3. The second kappa shape index (κ2) is 7.56. The monoisotopic (exact) mass is 173 g/mol. The Morgan fingerprint density at radius 1 is 1.25 bits per heavy atom. The van der Waals surface area contributed by atoms with Crippen molar-refractivity contribution in [3.05, 3.63) is 0 Å². The Bertz CT molecular complexity index is 95.8. The van der Waals surface area contributed by atoms with Gasteiger partial charge in [-0.15, -0.1) is 0 Å². The molecule has 0 aromatic carbocycles. The molecule has 0 spiro atoms. The van der Waals surface area contributed by atoms with Crippen LogP contribution in [0.5, 0.6) is 0 Å². The Morgan fingerprint density at radius 3 is 2.42 bits per heavy atom. The lowest BCUT2D eigenvalue weighted by atomic mass is 10.1. The molecule has 0 rings (SSSR count). The summed E-state index contributed by atoms with van der Waals surface area (Å²) in [4.78, 5) is 0. The third-order valence-corrected chi connectivity index (χ3v) is 2.28. The van der Waals surface area contributed by atoms with Gasteiger partial charge in [0.05, 0.1) is 6.10 Å². The minimum atomic E-state index is 0.332. The van der Waals surface area contributed by atoms with Crippen molar-refractivity contribution in [3.8, 4) is 0 Å². The van der Waals surface area contributed by atoms with Gasteiger partial charge in [0.2, 0.25) is 0 Å². The predicted molar refractivity (Wildman–Crippen MR) is 53.2 cm³/mol. The fraction of sp³-hybridized carbons (Fsp3) is 1.00. The molecule has 2 N–H and O–H groups in total. The third kappa shape index (κ3) is 6.62. The highest BCUT2D eigenvalue weighted by Gasteiger charge is 2.02. The van der Waals surface area contributed by atoms with Crippen molar-refractivity contribution in [2.75, 3.05) is 13.2 Å². The maximum atomic E-state index is 5.57. The highest BCUT2D eigenvalue weighted by molar-refractivity contribution is 4.53. The van der Waals surface area contributed by atoms with E-state index in [0.717, 1.165) is 25.5 Å². The molecule has 0 bridgehead atoms. The zero-order valence-corrected chi connectivity index (χ0v) is 8.68.